The maximum atomic E-state index is 13.4. The molecule has 0 spiro atoms. The predicted molar refractivity (Wildman–Crippen MR) is 74.9 cm³/mol. The molecule has 19 heavy (non-hydrogen) atoms. The number of hydrogen-bond donors (Lipinski definition) is 1. The first kappa shape index (κ1) is 13.6. The Bertz CT molecular complexity index is 542. The van der Waals surface area contributed by atoms with Crippen molar-refractivity contribution in [1.29, 1.82) is 0 Å². The molecule has 2 nitrogen and oxygen atoms in total. The Balaban J connectivity index is 2.45. The van der Waals surface area contributed by atoms with Gasteiger partial charge >= 0.3 is 0 Å². The third kappa shape index (κ3) is 3.12. The molecule has 1 N–H and O–H groups in total. The number of hydrogen-bond acceptors (Lipinski definition) is 2. The molecule has 0 fully saturated rings. The summed E-state index contributed by atoms with van der Waals surface area (Å²) in [7, 11) is 1.65. The Labute approximate surface area is 113 Å². The van der Waals surface area contributed by atoms with Gasteiger partial charge in [-0.15, -0.1) is 0 Å². The Morgan fingerprint density at radius 2 is 1.95 bits per heavy atom. The molecule has 0 aliphatic heterocycles. The fourth-order valence-corrected chi connectivity index (χ4v) is 2.20. The molecular weight excluding hydrogens is 241 g/mol. The largest absolute Gasteiger partial charge is 0.496 e. The third-order valence-electron chi connectivity index (χ3n) is 3.04. The molecule has 0 saturated carbocycles. The number of rotatable bonds is 5. The molecule has 2 rings (SSSR count). The van der Waals surface area contributed by atoms with E-state index in [1.165, 1.54) is 6.07 Å². The molecule has 0 saturated heterocycles. The van der Waals surface area contributed by atoms with E-state index in [1.54, 1.807) is 19.2 Å². The lowest BCUT2D eigenvalue weighted by molar-refractivity contribution is 0.404. The van der Waals surface area contributed by atoms with Crippen LogP contribution in [0.5, 0.6) is 5.75 Å². The summed E-state index contributed by atoms with van der Waals surface area (Å²) in [5.74, 6) is 0.577. The fraction of sp³-hybridized carbons (Fsp3) is 0.250. The van der Waals surface area contributed by atoms with Crippen molar-refractivity contribution in [2.75, 3.05) is 13.7 Å². The van der Waals surface area contributed by atoms with Gasteiger partial charge in [0.2, 0.25) is 0 Å². The molecule has 0 aromatic heterocycles. The van der Waals surface area contributed by atoms with Crippen molar-refractivity contribution in [1.82, 2.24) is 5.32 Å². The van der Waals surface area contributed by atoms with Crippen LogP contribution in [0.4, 0.5) is 4.39 Å². The van der Waals surface area contributed by atoms with Gasteiger partial charge in [0.15, 0.2) is 0 Å². The van der Waals surface area contributed by atoms with Crippen LogP contribution in [0, 0.1) is 5.82 Å². The molecule has 0 bridgehead atoms. The fourth-order valence-electron chi connectivity index (χ4n) is 2.20. The molecule has 1 unspecified atom stereocenters. The average molecular weight is 259 g/mol. The van der Waals surface area contributed by atoms with E-state index in [4.69, 9.17) is 4.74 Å². The molecule has 2 aromatic carbocycles. The highest BCUT2D eigenvalue weighted by atomic mass is 19.1. The minimum absolute atomic E-state index is 0.0724. The topological polar surface area (TPSA) is 21.3 Å². The van der Waals surface area contributed by atoms with E-state index in [1.807, 2.05) is 37.3 Å². The van der Waals surface area contributed by atoms with Gasteiger partial charge in [-0.05, 0) is 30.3 Å². The summed E-state index contributed by atoms with van der Waals surface area (Å²) >= 11 is 0. The van der Waals surface area contributed by atoms with E-state index in [0.29, 0.717) is 0 Å². The van der Waals surface area contributed by atoms with Crippen LogP contribution in [0.2, 0.25) is 0 Å². The minimum Gasteiger partial charge on any atom is -0.496 e. The van der Waals surface area contributed by atoms with Crippen molar-refractivity contribution in [2.24, 2.45) is 0 Å². The standard InChI is InChI=1S/C16H18FNO/c1-3-18-16(12-7-6-8-13(17)11-12)14-9-4-5-10-15(14)19-2/h4-11,16,18H,3H2,1-2H3. The van der Waals surface area contributed by atoms with Crippen LogP contribution in [0.3, 0.4) is 0 Å². The van der Waals surface area contributed by atoms with Gasteiger partial charge in [-0.3, -0.25) is 0 Å². The highest BCUT2D eigenvalue weighted by Crippen LogP contribution is 2.29. The highest BCUT2D eigenvalue weighted by molar-refractivity contribution is 5.41. The molecule has 0 aliphatic rings. The maximum Gasteiger partial charge on any atom is 0.123 e. The molecule has 1 atom stereocenters. The van der Waals surface area contributed by atoms with E-state index in [-0.39, 0.29) is 11.9 Å². The van der Waals surface area contributed by atoms with Gasteiger partial charge < -0.3 is 10.1 Å². The summed E-state index contributed by atoms with van der Waals surface area (Å²) in [4.78, 5) is 0. The first-order chi connectivity index (χ1) is 9.26. The lowest BCUT2D eigenvalue weighted by atomic mass is 9.97. The Morgan fingerprint density at radius 1 is 1.16 bits per heavy atom. The van der Waals surface area contributed by atoms with Gasteiger partial charge in [-0.25, -0.2) is 4.39 Å². The van der Waals surface area contributed by atoms with E-state index in [9.17, 15) is 4.39 Å². The third-order valence-corrected chi connectivity index (χ3v) is 3.04. The number of methoxy groups -OCH3 is 1. The first-order valence-electron chi connectivity index (χ1n) is 6.38. The first-order valence-corrected chi connectivity index (χ1v) is 6.38. The molecule has 0 radical (unpaired) electrons. The Hall–Kier alpha value is -1.87. The minimum atomic E-state index is -0.227. The van der Waals surface area contributed by atoms with Crippen molar-refractivity contribution in [3.63, 3.8) is 0 Å². The summed E-state index contributed by atoms with van der Waals surface area (Å²) in [6.45, 7) is 2.82. The van der Waals surface area contributed by atoms with Gasteiger partial charge in [0.05, 0.1) is 13.2 Å². The number of benzene rings is 2. The Morgan fingerprint density at radius 3 is 2.63 bits per heavy atom. The second-order valence-electron chi connectivity index (χ2n) is 4.29. The second kappa shape index (κ2) is 6.34. The molecule has 0 heterocycles. The van der Waals surface area contributed by atoms with Crippen LogP contribution in [0.15, 0.2) is 48.5 Å². The van der Waals surface area contributed by atoms with Crippen LogP contribution < -0.4 is 10.1 Å². The van der Waals surface area contributed by atoms with Gasteiger partial charge in [0, 0.05) is 5.56 Å². The zero-order chi connectivity index (χ0) is 13.7. The van der Waals surface area contributed by atoms with Crippen LogP contribution >= 0.6 is 0 Å². The van der Waals surface area contributed by atoms with Crippen LogP contribution in [-0.2, 0) is 0 Å². The van der Waals surface area contributed by atoms with Crippen molar-refractivity contribution < 1.29 is 9.13 Å². The van der Waals surface area contributed by atoms with E-state index < -0.39 is 0 Å². The van der Waals surface area contributed by atoms with Crippen LogP contribution in [-0.4, -0.2) is 13.7 Å². The molecule has 2 aromatic rings. The lowest BCUT2D eigenvalue weighted by Crippen LogP contribution is -2.22. The average Bonchev–Trinajstić information content (AvgIpc) is 2.45. The van der Waals surface area contributed by atoms with Gasteiger partial charge in [0.25, 0.3) is 0 Å². The molecule has 100 valence electrons. The molecule has 3 heteroatoms. The van der Waals surface area contributed by atoms with Crippen molar-refractivity contribution in [3.8, 4) is 5.75 Å². The van der Waals surface area contributed by atoms with Gasteiger partial charge in [0.1, 0.15) is 11.6 Å². The molecular formula is C16H18FNO. The van der Waals surface area contributed by atoms with Crippen LogP contribution in [0.1, 0.15) is 24.1 Å². The predicted octanol–water partition coefficient (Wildman–Crippen LogP) is 3.53. The Kier molecular flexibility index (Phi) is 4.53. The summed E-state index contributed by atoms with van der Waals surface area (Å²) in [5.41, 5.74) is 1.91. The van der Waals surface area contributed by atoms with Crippen molar-refractivity contribution >= 4 is 0 Å². The zero-order valence-electron chi connectivity index (χ0n) is 11.2. The second-order valence-corrected chi connectivity index (χ2v) is 4.29. The summed E-state index contributed by atoms with van der Waals surface area (Å²) < 4.78 is 18.8. The number of ether oxygens (including phenoxy) is 1. The number of para-hydroxylation sites is 1. The maximum absolute atomic E-state index is 13.4. The number of halogens is 1. The quantitative estimate of drug-likeness (QED) is 0.887. The van der Waals surface area contributed by atoms with Crippen molar-refractivity contribution in [2.45, 2.75) is 13.0 Å². The summed E-state index contributed by atoms with van der Waals surface area (Å²) in [6, 6.07) is 14.4. The monoisotopic (exact) mass is 259 g/mol. The van der Waals surface area contributed by atoms with Crippen molar-refractivity contribution in [3.05, 3.63) is 65.5 Å². The lowest BCUT2D eigenvalue weighted by Gasteiger charge is -2.21. The van der Waals surface area contributed by atoms with Crippen LogP contribution in [0.25, 0.3) is 0 Å². The van der Waals surface area contributed by atoms with E-state index in [2.05, 4.69) is 5.32 Å². The smallest absolute Gasteiger partial charge is 0.123 e. The van der Waals surface area contributed by atoms with Gasteiger partial charge in [-0.2, -0.15) is 0 Å². The summed E-state index contributed by atoms with van der Waals surface area (Å²) in [6.07, 6.45) is 0. The van der Waals surface area contributed by atoms with E-state index in [0.717, 1.165) is 23.4 Å². The normalized spacial score (nSPS) is 12.2. The van der Waals surface area contributed by atoms with Gasteiger partial charge in [-0.1, -0.05) is 37.3 Å². The summed E-state index contributed by atoms with van der Waals surface area (Å²) in [5, 5.41) is 3.37. The molecule has 0 amide bonds. The SMILES string of the molecule is CCNC(c1cccc(F)c1)c1ccccc1OC. The highest BCUT2D eigenvalue weighted by Gasteiger charge is 2.17. The van der Waals surface area contributed by atoms with E-state index >= 15 is 0 Å². The molecule has 0 aliphatic carbocycles. The number of nitrogens with one attached hydrogen (secondary N) is 1. The zero-order valence-corrected chi connectivity index (χ0v) is 11.2.